The zero-order valence-electron chi connectivity index (χ0n) is 17.7. The number of nitrogens with one attached hydrogen (secondary N) is 2. The summed E-state index contributed by atoms with van der Waals surface area (Å²) >= 11 is 8.92. The number of thiocarbonyl (C=S) groups is 1. The first-order chi connectivity index (χ1) is 15.5. The molecule has 0 spiro atoms. The van der Waals surface area contributed by atoms with Crippen LogP contribution < -0.4 is 15.4 Å². The van der Waals surface area contributed by atoms with Crippen molar-refractivity contribution < 1.29 is 4.74 Å². The van der Waals surface area contributed by atoms with Gasteiger partial charge in [-0.1, -0.05) is 46.3 Å². The third-order valence-electron chi connectivity index (χ3n) is 4.86. The lowest BCUT2D eigenvalue weighted by Crippen LogP contribution is -2.19. The highest BCUT2D eigenvalue weighted by molar-refractivity contribution is 9.10. The van der Waals surface area contributed by atoms with E-state index in [2.05, 4.69) is 48.9 Å². The van der Waals surface area contributed by atoms with Gasteiger partial charge in [0.2, 0.25) is 0 Å². The lowest BCUT2D eigenvalue weighted by molar-refractivity contribution is 0.221. The Morgan fingerprint density at radius 3 is 2.56 bits per heavy atom. The Labute approximate surface area is 200 Å². The maximum absolute atomic E-state index is 5.74. The van der Waals surface area contributed by atoms with E-state index in [0.717, 1.165) is 33.0 Å². The zero-order chi connectivity index (χ0) is 22.5. The van der Waals surface area contributed by atoms with Gasteiger partial charge in [0, 0.05) is 4.47 Å². The Bertz CT molecular complexity index is 1200. The van der Waals surface area contributed by atoms with E-state index in [1.165, 1.54) is 5.56 Å². The van der Waals surface area contributed by atoms with Gasteiger partial charge in [-0.25, -0.2) is 4.68 Å². The molecule has 0 saturated heterocycles. The Hall–Kier alpha value is -3.17. The highest BCUT2D eigenvalue weighted by Crippen LogP contribution is 2.21. The summed E-state index contributed by atoms with van der Waals surface area (Å²) in [6.07, 6.45) is 3.54. The van der Waals surface area contributed by atoms with Gasteiger partial charge in [-0.05, 0) is 55.9 Å². The number of ether oxygens (including phenoxy) is 1. The third kappa shape index (κ3) is 5.54. The molecule has 32 heavy (non-hydrogen) atoms. The SMILES string of the molecule is Cc1nn(Cc2ccccc2)c(C)c1NC(=S)Nc1cnn(COc2ccc(Br)cc2)c1. The first-order valence-corrected chi connectivity index (χ1v) is 11.2. The van der Waals surface area contributed by atoms with E-state index in [9.17, 15) is 0 Å². The van der Waals surface area contributed by atoms with Crippen LogP contribution in [0, 0.1) is 13.8 Å². The molecule has 0 aliphatic heterocycles. The predicted octanol–water partition coefficient (Wildman–Crippen LogP) is 5.35. The third-order valence-corrected chi connectivity index (χ3v) is 5.60. The van der Waals surface area contributed by atoms with Crippen LogP contribution in [0.3, 0.4) is 0 Å². The van der Waals surface area contributed by atoms with Crippen LogP contribution in [0.15, 0.2) is 71.5 Å². The van der Waals surface area contributed by atoms with E-state index in [1.54, 1.807) is 10.9 Å². The molecular formula is C23H23BrN6OS. The molecule has 164 valence electrons. The lowest BCUT2D eigenvalue weighted by atomic mass is 10.2. The van der Waals surface area contributed by atoms with Gasteiger partial charge in [-0.3, -0.25) is 4.68 Å². The maximum Gasteiger partial charge on any atom is 0.180 e. The van der Waals surface area contributed by atoms with Crippen molar-refractivity contribution in [1.82, 2.24) is 19.6 Å². The van der Waals surface area contributed by atoms with Crippen molar-refractivity contribution in [1.29, 1.82) is 0 Å². The molecule has 2 heterocycles. The summed E-state index contributed by atoms with van der Waals surface area (Å²) in [5.74, 6) is 0.772. The average Bonchev–Trinajstić information content (AvgIpc) is 3.33. The number of aryl methyl sites for hydroxylation is 1. The Morgan fingerprint density at radius 2 is 1.81 bits per heavy atom. The Balaban J connectivity index is 1.34. The summed E-state index contributed by atoms with van der Waals surface area (Å²) in [6.45, 7) is 5.01. The van der Waals surface area contributed by atoms with Crippen molar-refractivity contribution in [3.8, 4) is 5.75 Å². The van der Waals surface area contributed by atoms with E-state index in [0.29, 0.717) is 18.4 Å². The number of benzene rings is 2. The normalized spacial score (nSPS) is 10.7. The number of halogens is 1. The maximum atomic E-state index is 5.74. The number of anilines is 2. The summed E-state index contributed by atoms with van der Waals surface area (Å²) in [4.78, 5) is 0. The van der Waals surface area contributed by atoms with E-state index in [-0.39, 0.29) is 0 Å². The van der Waals surface area contributed by atoms with Crippen LogP contribution in [0.1, 0.15) is 17.0 Å². The number of nitrogens with zero attached hydrogens (tertiary/aromatic N) is 4. The van der Waals surface area contributed by atoms with Crippen LogP contribution in [0.5, 0.6) is 5.75 Å². The molecule has 0 aliphatic rings. The minimum Gasteiger partial charge on any atom is -0.471 e. The van der Waals surface area contributed by atoms with Gasteiger partial charge in [0.25, 0.3) is 0 Å². The molecule has 0 unspecified atom stereocenters. The molecule has 0 bridgehead atoms. The number of hydrogen-bond acceptors (Lipinski definition) is 4. The highest BCUT2D eigenvalue weighted by atomic mass is 79.9. The minimum atomic E-state index is 0.300. The van der Waals surface area contributed by atoms with Gasteiger partial charge in [-0.15, -0.1) is 0 Å². The quantitative estimate of drug-likeness (QED) is 0.326. The van der Waals surface area contributed by atoms with Crippen LogP contribution in [0.25, 0.3) is 0 Å². The second-order valence-corrected chi connectivity index (χ2v) is 8.59. The summed E-state index contributed by atoms with van der Waals surface area (Å²) in [5, 5.41) is 15.9. The number of aromatic nitrogens is 4. The molecule has 0 amide bonds. The smallest absolute Gasteiger partial charge is 0.180 e. The molecule has 4 aromatic rings. The Morgan fingerprint density at radius 1 is 1.06 bits per heavy atom. The van der Waals surface area contributed by atoms with Crippen molar-refractivity contribution in [3.63, 3.8) is 0 Å². The van der Waals surface area contributed by atoms with Gasteiger partial charge in [0.15, 0.2) is 11.8 Å². The van der Waals surface area contributed by atoms with E-state index >= 15 is 0 Å². The van der Waals surface area contributed by atoms with Crippen molar-refractivity contribution in [2.45, 2.75) is 27.1 Å². The zero-order valence-corrected chi connectivity index (χ0v) is 20.2. The van der Waals surface area contributed by atoms with Gasteiger partial charge in [0.05, 0.1) is 41.7 Å². The van der Waals surface area contributed by atoms with Gasteiger partial charge in [-0.2, -0.15) is 10.2 Å². The summed E-state index contributed by atoms with van der Waals surface area (Å²) < 4.78 is 10.4. The first-order valence-electron chi connectivity index (χ1n) is 10.0. The molecule has 7 nitrogen and oxygen atoms in total. The fourth-order valence-corrected chi connectivity index (χ4v) is 3.72. The summed E-state index contributed by atoms with van der Waals surface area (Å²) in [5.41, 5.74) is 4.79. The fraction of sp³-hybridized carbons (Fsp3) is 0.174. The molecule has 0 radical (unpaired) electrons. The summed E-state index contributed by atoms with van der Waals surface area (Å²) in [6, 6.07) is 17.9. The van der Waals surface area contributed by atoms with Gasteiger partial charge in [0.1, 0.15) is 5.75 Å². The van der Waals surface area contributed by atoms with Gasteiger partial charge >= 0.3 is 0 Å². The van der Waals surface area contributed by atoms with Gasteiger partial charge < -0.3 is 15.4 Å². The van der Waals surface area contributed by atoms with Crippen LogP contribution in [-0.2, 0) is 13.3 Å². The molecule has 0 saturated carbocycles. The largest absolute Gasteiger partial charge is 0.471 e. The lowest BCUT2D eigenvalue weighted by Gasteiger charge is -2.10. The van der Waals surface area contributed by atoms with Crippen LogP contribution in [0.2, 0.25) is 0 Å². The van der Waals surface area contributed by atoms with Crippen molar-refractivity contribution in [2.24, 2.45) is 0 Å². The molecule has 0 atom stereocenters. The molecule has 0 aliphatic carbocycles. The topological polar surface area (TPSA) is 68.9 Å². The minimum absolute atomic E-state index is 0.300. The van der Waals surface area contributed by atoms with E-state index in [1.807, 2.05) is 67.2 Å². The molecule has 2 N–H and O–H groups in total. The van der Waals surface area contributed by atoms with Crippen molar-refractivity contribution in [3.05, 3.63) is 88.4 Å². The van der Waals surface area contributed by atoms with Crippen LogP contribution in [-0.4, -0.2) is 24.7 Å². The Kier molecular flexibility index (Phi) is 6.87. The molecular weight excluding hydrogens is 488 g/mol. The van der Waals surface area contributed by atoms with Crippen LogP contribution in [0.4, 0.5) is 11.4 Å². The molecule has 9 heteroatoms. The average molecular weight is 511 g/mol. The van der Waals surface area contributed by atoms with Crippen LogP contribution >= 0.6 is 28.1 Å². The first kappa shape index (κ1) is 22.0. The summed E-state index contributed by atoms with van der Waals surface area (Å²) in [7, 11) is 0. The molecule has 0 fully saturated rings. The monoisotopic (exact) mass is 510 g/mol. The molecule has 2 aromatic carbocycles. The second kappa shape index (κ2) is 9.97. The van der Waals surface area contributed by atoms with E-state index in [4.69, 9.17) is 17.0 Å². The highest BCUT2D eigenvalue weighted by Gasteiger charge is 2.13. The molecule has 2 aromatic heterocycles. The number of rotatable bonds is 7. The fourth-order valence-electron chi connectivity index (χ4n) is 3.23. The second-order valence-electron chi connectivity index (χ2n) is 7.26. The van der Waals surface area contributed by atoms with E-state index < -0.39 is 0 Å². The standard InChI is InChI=1S/C23H23BrN6OS/c1-16-22(17(2)30(28-16)13-18-6-4-3-5-7-18)27-23(32)26-20-12-25-29(14-20)15-31-21-10-8-19(24)9-11-21/h3-12,14H,13,15H2,1-2H3,(H2,26,27,32). The predicted molar refractivity (Wildman–Crippen MR) is 134 cm³/mol. The number of hydrogen-bond donors (Lipinski definition) is 2. The van der Waals surface area contributed by atoms with Crippen molar-refractivity contribution in [2.75, 3.05) is 10.6 Å². The van der Waals surface area contributed by atoms with Crippen molar-refractivity contribution >= 4 is 44.6 Å². The molecule has 4 rings (SSSR count).